The molecular weight excluding hydrogens is 192 g/mol. The van der Waals surface area contributed by atoms with Crippen LogP contribution in [-0.4, -0.2) is 34.6 Å². The molecular formula is C10H26N2OSi. The summed E-state index contributed by atoms with van der Waals surface area (Å²) in [7, 11) is -1.27. The minimum atomic E-state index is -1.27. The first-order chi connectivity index (χ1) is 6.56. The van der Waals surface area contributed by atoms with Crippen LogP contribution in [0.5, 0.6) is 0 Å². The van der Waals surface area contributed by atoms with Gasteiger partial charge in [-0.1, -0.05) is 0 Å². The summed E-state index contributed by atoms with van der Waals surface area (Å²) in [5, 5.41) is 3.29. The molecule has 0 radical (unpaired) electrons. The van der Waals surface area contributed by atoms with Crippen LogP contribution in [0.15, 0.2) is 0 Å². The Balaban J connectivity index is 2.99. The molecule has 0 bridgehead atoms. The van der Waals surface area contributed by atoms with Gasteiger partial charge >= 0.3 is 0 Å². The predicted molar refractivity (Wildman–Crippen MR) is 65.1 cm³/mol. The second-order valence-corrected chi connectivity index (χ2v) is 9.07. The number of hydrogen-bond acceptors (Lipinski definition) is 3. The Kier molecular flexibility index (Phi) is 8.47. The number of nitrogens with two attached hydrogens (primary N) is 1. The van der Waals surface area contributed by atoms with E-state index in [0.29, 0.717) is 0 Å². The summed E-state index contributed by atoms with van der Waals surface area (Å²) in [6.45, 7) is 10.4. The first-order valence-electron chi connectivity index (χ1n) is 5.61. The van der Waals surface area contributed by atoms with Gasteiger partial charge in [0.25, 0.3) is 0 Å². The maximum Gasteiger partial charge on any atom is 0.183 e. The molecule has 0 amide bonds. The molecule has 0 saturated heterocycles. The van der Waals surface area contributed by atoms with Gasteiger partial charge in [0.2, 0.25) is 0 Å². The molecule has 0 atom stereocenters. The summed E-state index contributed by atoms with van der Waals surface area (Å²) >= 11 is 0. The van der Waals surface area contributed by atoms with E-state index in [-0.39, 0.29) is 0 Å². The molecule has 0 rings (SSSR count). The van der Waals surface area contributed by atoms with Gasteiger partial charge in [0.1, 0.15) is 0 Å². The molecule has 0 saturated carbocycles. The molecule has 3 N–H and O–H groups in total. The van der Waals surface area contributed by atoms with Crippen molar-refractivity contribution < 1.29 is 4.43 Å². The van der Waals surface area contributed by atoms with Crippen LogP contribution < -0.4 is 11.1 Å². The highest BCUT2D eigenvalue weighted by molar-refractivity contribution is 6.69. The van der Waals surface area contributed by atoms with Gasteiger partial charge in [-0.3, -0.25) is 0 Å². The summed E-state index contributed by atoms with van der Waals surface area (Å²) in [6, 6.07) is 0. The average molecular weight is 218 g/mol. The van der Waals surface area contributed by atoms with Gasteiger partial charge in [-0.05, 0) is 45.4 Å². The van der Waals surface area contributed by atoms with E-state index >= 15 is 0 Å². The Morgan fingerprint density at radius 2 is 1.79 bits per heavy atom. The van der Waals surface area contributed by atoms with Crippen LogP contribution in [0, 0.1) is 0 Å². The summed E-state index contributed by atoms with van der Waals surface area (Å²) < 4.78 is 5.76. The van der Waals surface area contributed by atoms with Crippen LogP contribution in [0.2, 0.25) is 19.6 Å². The molecule has 0 heterocycles. The topological polar surface area (TPSA) is 47.3 Å². The molecule has 0 aromatic heterocycles. The standard InChI is InChI=1S/C10H26N2OSi/c1-14(2,3)13-10-6-4-5-8-12-9-7-11/h12H,4-11H2,1-3H3. The summed E-state index contributed by atoms with van der Waals surface area (Å²) in [6.07, 6.45) is 3.67. The van der Waals surface area contributed by atoms with Crippen LogP contribution in [0.4, 0.5) is 0 Å². The fraction of sp³-hybridized carbons (Fsp3) is 1.00. The Bertz CT molecular complexity index is 126. The Morgan fingerprint density at radius 1 is 1.07 bits per heavy atom. The van der Waals surface area contributed by atoms with Gasteiger partial charge in [-0.15, -0.1) is 0 Å². The molecule has 14 heavy (non-hydrogen) atoms. The molecule has 0 unspecified atom stereocenters. The average Bonchev–Trinajstić information content (AvgIpc) is 2.08. The van der Waals surface area contributed by atoms with Crippen LogP contribution in [-0.2, 0) is 4.43 Å². The van der Waals surface area contributed by atoms with Crippen LogP contribution in [0.1, 0.15) is 19.3 Å². The fourth-order valence-corrected chi connectivity index (χ4v) is 1.89. The van der Waals surface area contributed by atoms with E-state index in [2.05, 4.69) is 25.0 Å². The lowest BCUT2D eigenvalue weighted by Gasteiger charge is -2.16. The van der Waals surface area contributed by atoms with E-state index in [1.54, 1.807) is 0 Å². The monoisotopic (exact) mass is 218 g/mol. The second kappa shape index (κ2) is 8.41. The summed E-state index contributed by atoms with van der Waals surface area (Å²) in [4.78, 5) is 0. The molecule has 3 nitrogen and oxygen atoms in total. The van der Waals surface area contributed by atoms with Crippen molar-refractivity contribution in [1.82, 2.24) is 5.32 Å². The lowest BCUT2D eigenvalue weighted by Crippen LogP contribution is -2.26. The first-order valence-corrected chi connectivity index (χ1v) is 9.02. The van der Waals surface area contributed by atoms with Crippen molar-refractivity contribution in [3.63, 3.8) is 0 Å². The van der Waals surface area contributed by atoms with E-state index in [9.17, 15) is 0 Å². The Hall–Kier alpha value is 0.0969. The summed E-state index contributed by atoms with van der Waals surface area (Å²) in [5.74, 6) is 0. The van der Waals surface area contributed by atoms with Gasteiger partial charge in [0, 0.05) is 19.7 Å². The molecule has 0 aliphatic rings. The van der Waals surface area contributed by atoms with E-state index < -0.39 is 8.32 Å². The highest BCUT2D eigenvalue weighted by Gasteiger charge is 2.12. The quantitative estimate of drug-likeness (QED) is 0.456. The lowest BCUT2D eigenvalue weighted by molar-refractivity contribution is 0.299. The normalized spacial score (nSPS) is 12.0. The third-order valence-electron chi connectivity index (χ3n) is 1.85. The van der Waals surface area contributed by atoms with Gasteiger partial charge in [-0.2, -0.15) is 0 Å². The highest BCUT2D eigenvalue weighted by atomic mass is 28.4. The van der Waals surface area contributed by atoms with E-state index in [1.165, 1.54) is 19.3 Å². The van der Waals surface area contributed by atoms with Crippen molar-refractivity contribution in [2.75, 3.05) is 26.2 Å². The van der Waals surface area contributed by atoms with Crippen molar-refractivity contribution in [3.8, 4) is 0 Å². The predicted octanol–water partition coefficient (Wildman–Crippen LogP) is 1.56. The molecule has 0 aromatic rings. The van der Waals surface area contributed by atoms with Gasteiger partial charge in [-0.25, -0.2) is 0 Å². The maximum atomic E-state index is 5.76. The lowest BCUT2D eigenvalue weighted by atomic mass is 10.2. The molecule has 0 fully saturated rings. The summed E-state index contributed by atoms with van der Waals surface area (Å²) in [5.41, 5.74) is 5.36. The minimum Gasteiger partial charge on any atom is -0.418 e. The maximum absolute atomic E-state index is 5.76. The van der Waals surface area contributed by atoms with E-state index in [0.717, 1.165) is 26.2 Å². The molecule has 0 spiro atoms. The second-order valence-electron chi connectivity index (χ2n) is 4.56. The highest BCUT2D eigenvalue weighted by Crippen LogP contribution is 2.04. The van der Waals surface area contributed by atoms with Crippen molar-refractivity contribution in [2.24, 2.45) is 5.73 Å². The smallest absolute Gasteiger partial charge is 0.183 e. The van der Waals surface area contributed by atoms with E-state index in [1.807, 2.05) is 0 Å². The zero-order valence-corrected chi connectivity index (χ0v) is 10.9. The number of unbranched alkanes of at least 4 members (excludes halogenated alkanes) is 2. The largest absolute Gasteiger partial charge is 0.418 e. The first kappa shape index (κ1) is 14.1. The third-order valence-corrected chi connectivity index (χ3v) is 2.92. The molecule has 86 valence electrons. The van der Waals surface area contributed by atoms with Crippen molar-refractivity contribution in [3.05, 3.63) is 0 Å². The molecule has 0 aromatic carbocycles. The van der Waals surface area contributed by atoms with Gasteiger partial charge in [0.05, 0.1) is 0 Å². The minimum absolute atomic E-state index is 0.735. The third kappa shape index (κ3) is 12.1. The Labute approximate surface area is 89.5 Å². The van der Waals surface area contributed by atoms with Crippen LogP contribution in [0.3, 0.4) is 0 Å². The molecule has 4 heteroatoms. The van der Waals surface area contributed by atoms with Crippen LogP contribution in [0.25, 0.3) is 0 Å². The van der Waals surface area contributed by atoms with Gasteiger partial charge < -0.3 is 15.5 Å². The van der Waals surface area contributed by atoms with Crippen molar-refractivity contribution in [1.29, 1.82) is 0 Å². The van der Waals surface area contributed by atoms with Gasteiger partial charge in [0.15, 0.2) is 8.32 Å². The fourth-order valence-electron chi connectivity index (χ4n) is 1.13. The molecule has 0 aliphatic heterocycles. The number of nitrogens with one attached hydrogen (secondary N) is 1. The van der Waals surface area contributed by atoms with Crippen molar-refractivity contribution >= 4 is 8.32 Å². The zero-order chi connectivity index (χ0) is 10.9. The van der Waals surface area contributed by atoms with Crippen LogP contribution >= 0.6 is 0 Å². The zero-order valence-electron chi connectivity index (χ0n) is 9.94. The SMILES string of the molecule is C[Si](C)(C)OCCCCCNCCN. The van der Waals surface area contributed by atoms with Crippen molar-refractivity contribution in [2.45, 2.75) is 38.9 Å². The Morgan fingerprint density at radius 3 is 2.36 bits per heavy atom. The molecule has 0 aliphatic carbocycles. The number of hydrogen-bond donors (Lipinski definition) is 2. The van der Waals surface area contributed by atoms with E-state index in [4.69, 9.17) is 10.2 Å². The number of rotatable bonds is 9.